The summed E-state index contributed by atoms with van der Waals surface area (Å²) >= 11 is 0. The van der Waals surface area contributed by atoms with Crippen LogP contribution in [0, 0.1) is 5.41 Å². The van der Waals surface area contributed by atoms with Gasteiger partial charge in [-0.05, 0) is 37.4 Å². The highest BCUT2D eigenvalue weighted by molar-refractivity contribution is 5.04. The number of rotatable bonds is 6. The Morgan fingerprint density at radius 3 is 2.86 bits per heavy atom. The van der Waals surface area contributed by atoms with Crippen molar-refractivity contribution < 1.29 is 0 Å². The van der Waals surface area contributed by atoms with Crippen LogP contribution in [0.5, 0.6) is 0 Å². The molecule has 0 aromatic carbocycles. The molecule has 1 saturated carbocycles. The van der Waals surface area contributed by atoms with Gasteiger partial charge in [-0.3, -0.25) is 0 Å². The van der Waals surface area contributed by atoms with Crippen molar-refractivity contribution in [1.82, 2.24) is 15.6 Å². The lowest BCUT2D eigenvalue weighted by atomic mass is 10.1. The van der Waals surface area contributed by atoms with Crippen LogP contribution < -0.4 is 10.6 Å². The number of nitrogens with one attached hydrogen (secondary N) is 3. The molecule has 0 radical (unpaired) electrons. The van der Waals surface area contributed by atoms with Gasteiger partial charge in [0.15, 0.2) is 0 Å². The second kappa shape index (κ2) is 4.15. The van der Waals surface area contributed by atoms with Gasteiger partial charge in [0.2, 0.25) is 0 Å². The zero-order valence-corrected chi connectivity index (χ0v) is 8.77. The average molecular weight is 193 g/mol. The zero-order valence-electron chi connectivity index (χ0n) is 8.77. The summed E-state index contributed by atoms with van der Waals surface area (Å²) in [5, 5.41) is 6.77. The van der Waals surface area contributed by atoms with E-state index in [1.165, 1.54) is 18.5 Å². The Bertz CT molecular complexity index is 262. The Balaban J connectivity index is 1.68. The van der Waals surface area contributed by atoms with Gasteiger partial charge in [0.1, 0.15) is 0 Å². The Morgan fingerprint density at radius 1 is 1.43 bits per heavy atom. The number of aromatic amines is 1. The van der Waals surface area contributed by atoms with Crippen LogP contribution in [0.3, 0.4) is 0 Å². The molecule has 2 rings (SSSR count). The largest absolute Gasteiger partial charge is 0.364 e. The van der Waals surface area contributed by atoms with Crippen molar-refractivity contribution in [2.75, 3.05) is 20.1 Å². The quantitative estimate of drug-likeness (QED) is 0.633. The molecular weight excluding hydrogens is 174 g/mol. The molecule has 1 fully saturated rings. The summed E-state index contributed by atoms with van der Waals surface area (Å²) < 4.78 is 0. The fourth-order valence-corrected chi connectivity index (χ4v) is 1.91. The number of hydrogen-bond acceptors (Lipinski definition) is 2. The lowest BCUT2D eigenvalue weighted by Gasteiger charge is -2.14. The second-order valence-electron chi connectivity index (χ2n) is 4.33. The van der Waals surface area contributed by atoms with Crippen LogP contribution in [0.4, 0.5) is 0 Å². The van der Waals surface area contributed by atoms with Gasteiger partial charge in [0.05, 0.1) is 0 Å². The van der Waals surface area contributed by atoms with Gasteiger partial charge in [-0.15, -0.1) is 0 Å². The van der Waals surface area contributed by atoms with Crippen LogP contribution in [0.2, 0.25) is 0 Å². The summed E-state index contributed by atoms with van der Waals surface area (Å²) in [6, 6.07) is 4.15. The minimum absolute atomic E-state index is 0.557. The molecule has 0 atom stereocenters. The van der Waals surface area contributed by atoms with E-state index in [9.17, 15) is 0 Å². The highest BCUT2D eigenvalue weighted by atomic mass is 14.9. The van der Waals surface area contributed by atoms with Crippen molar-refractivity contribution in [1.29, 1.82) is 0 Å². The Labute approximate surface area is 85.3 Å². The summed E-state index contributed by atoms with van der Waals surface area (Å²) in [4.78, 5) is 3.20. The number of hydrogen-bond donors (Lipinski definition) is 3. The first kappa shape index (κ1) is 9.74. The molecule has 14 heavy (non-hydrogen) atoms. The van der Waals surface area contributed by atoms with E-state index in [0.717, 1.165) is 19.6 Å². The van der Waals surface area contributed by atoms with Gasteiger partial charge in [0, 0.05) is 31.5 Å². The molecule has 3 N–H and O–H groups in total. The third kappa shape index (κ3) is 2.36. The number of H-pyrrole nitrogens is 1. The van der Waals surface area contributed by atoms with E-state index in [0.29, 0.717) is 5.41 Å². The Hall–Kier alpha value is -0.800. The van der Waals surface area contributed by atoms with Crippen LogP contribution >= 0.6 is 0 Å². The minimum atomic E-state index is 0.557. The molecule has 0 bridgehead atoms. The van der Waals surface area contributed by atoms with Gasteiger partial charge < -0.3 is 15.6 Å². The van der Waals surface area contributed by atoms with E-state index in [1.54, 1.807) is 0 Å². The van der Waals surface area contributed by atoms with Crippen molar-refractivity contribution in [3.8, 4) is 0 Å². The maximum atomic E-state index is 3.50. The maximum Gasteiger partial charge on any atom is 0.0357 e. The third-order valence-corrected chi connectivity index (χ3v) is 2.99. The third-order valence-electron chi connectivity index (χ3n) is 2.99. The SMILES string of the molecule is CNCC1(CNCc2ccc[nH]2)CC1. The molecule has 0 amide bonds. The molecule has 0 saturated heterocycles. The fourth-order valence-electron chi connectivity index (χ4n) is 1.91. The molecule has 3 heteroatoms. The predicted molar refractivity (Wildman–Crippen MR) is 58.1 cm³/mol. The maximum absolute atomic E-state index is 3.50. The second-order valence-corrected chi connectivity index (χ2v) is 4.33. The van der Waals surface area contributed by atoms with E-state index < -0.39 is 0 Å². The molecule has 1 aromatic heterocycles. The van der Waals surface area contributed by atoms with Crippen LogP contribution in [0.15, 0.2) is 18.3 Å². The lowest BCUT2D eigenvalue weighted by Crippen LogP contribution is -2.31. The van der Waals surface area contributed by atoms with Crippen LogP contribution in [0.25, 0.3) is 0 Å². The molecule has 1 aliphatic rings. The van der Waals surface area contributed by atoms with Gasteiger partial charge in [-0.25, -0.2) is 0 Å². The first-order chi connectivity index (χ1) is 6.85. The first-order valence-corrected chi connectivity index (χ1v) is 5.32. The molecule has 3 nitrogen and oxygen atoms in total. The Morgan fingerprint density at radius 2 is 2.29 bits per heavy atom. The van der Waals surface area contributed by atoms with Gasteiger partial charge in [-0.2, -0.15) is 0 Å². The van der Waals surface area contributed by atoms with E-state index >= 15 is 0 Å². The zero-order chi connectivity index (χ0) is 9.86. The molecule has 0 spiro atoms. The van der Waals surface area contributed by atoms with Crippen LogP contribution in [-0.4, -0.2) is 25.1 Å². The average Bonchev–Trinajstić information content (AvgIpc) is 2.75. The number of aromatic nitrogens is 1. The van der Waals surface area contributed by atoms with E-state index in [4.69, 9.17) is 0 Å². The highest BCUT2D eigenvalue weighted by Crippen LogP contribution is 2.44. The molecule has 0 unspecified atom stereocenters. The smallest absolute Gasteiger partial charge is 0.0357 e. The van der Waals surface area contributed by atoms with E-state index in [1.807, 2.05) is 19.3 Å². The molecule has 1 heterocycles. The van der Waals surface area contributed by atoms with Crippen molar-refractivity contribution >= 4 is 0 Å². The van der Waals surface area contributed by atoms with Gasteiger partial charge >= 0.3 is 0 Å². The summed E-state index contributed by atoms with van der Waals surface area (Å²) in [5.41, 5.74) is 1.83. The topological polar surface area (TPSA) is 39.8 Å². The van der Waals surface area contributed by atoms with E-state index in [-0.39, 0.29) is 0 Å². The minimum Gasteiger partial charge on any atom is -0.364 e. The van der Waals surface area contributed by atoms with Gasteiger partial charge in [0.25, 0.3) is 0 Å². The molecule has 78 valence electrons. The first-order valence-electron chi connectivity index (χ1n) is 5.32. The normalized spacial score (nSPS) is 18.4. The Kier molecular flexibility index (Phi) is 2.89. The molecule has 1 aliphatic carbocycles. The molecule has 0 aliphatic heterocycles. The molecule has 1 aromatic rings. The van der Waals surface area contributed by atoms with E-state index in [2.05, 4.69) is 21.7 Å². The van der Waals surface area contributed by atoms with Crippen LogP contribution in [0.1, 0.15) is 18.5 Å². The highest BCUT2D eigenvalue weighted by Gasteiger charge is 2.41. The lowest BCUT2D eigenvalue weighted by molar-refractivity contribution is 0.437. The van der Waals surface area contributed by atoms with Gasteiger partial charge in [-0.1, -0.05) is 0 Å². The predicted octanol–water partition coefficient (Wildman–Crippen LogP) is 1.10. The monoisotopic (exact) mass is 193 g/mol. The van der Waals surface area contributed by atoms with Crippen molar-refractivity contribution in [2.45, 2.75) is 19.4 Å². The summed E-state index contributed by atoms with van der Waals surface area (Å²) in [6.45, 7) is 3.23. The van der Waals surface area contributed by atoms with Crippen molar-refractivity contribution in [2.24, 2.45) is 5.41 Å². The standard InChI is InChI=1S/C11H19N3/c1-12-8-11(4-5-11)9-13-7-10-3-2-6-14-10/h2-3,6,12-14H,4-5,7-9H2,1H3. The van der Waals surface area contributed by atoms with Crippen molar-refractivity contribution in [3.05, 3.63) is 24.0 Å². The summed E-state index contributed by atoms with van der Waals surface area (Å²) in [5.74, 6) is 0. The summed E-state index contributed by atoms with van der Waals surface area (Å²) in [7, 11) is 2.03. The van der Waals surface area contributed by atoms with Crippen molar-refractivity contribution in [3.63, 3.8) is 0 Å². The fraction of sp³-hybridized carbons (Fsp3) is 0.636. The molecular formula is C11H19N3. The summed E-state index contributed by atoms with van der Waals surface area (Å²) in [6.07, 6.45) is 4.70. The van der Waals surface area contributed by atoms with Crippen LogP contribution in [-0.2, 0) is 6.54 Å².